The quantitative estimate of drug-likeness (QED) is 0.460. The number of benzene rings is 2. The molecule has 0 aliphatic heterocycles. The van der Waals surface area contributed by atoms with E-state index in [0.29, 0.717) is 23.0 Å². The van der Waals surface area contributed by atoms with E-state index in [4.69, 9.17) is 4.74 Å². The number of aldehydes is 1. The molecule has 0 radical (unpaired) electrons. The van der Waals surface area contributed by atoms with E-state index in [2.05, 4.69) is 13.0 Å². The van der Waals surface area contributed by atoms with Crippen LogP contribution in [0.25, 0.3) is 0 Å². The Hall–Kier alpha value is -2.93. The minimum atomic E-state index is -0.555. The first-order valence-electron chi connectivity index (χ1n) is 7.48. The highest BCUT2D eigenvalue weighted by molar-refractivity contribution is 5.92. The van der Waals surface area contributed by atoms with E-state index >= 15 is 0 Å². The van der Waals surface area contributed by atoms with Crippen molar-refractivity contribution in [1.29, 1.82) is 5.26 Å². The van der Waals surface area contributed by atoms with Gasteiger partial charge in [0.1, 0.15) is 18.1 Å². The van der Waals surface area contributed by atoms with Crippen LogP contribution in [0.4, 0.5) is 0 Å². The summed E-state index contributed by atoms with van der Waals surface area (Å²) >= 11 is 0. The van der Waals surface area contributed by atoms with Gasteiger partial charge in [-0.25, -0.2) is 4.79 Å². The van der Waals surface area contributed by atoms with Gasteiger partial charge in [-0.15, -0.1) is 0 Å². The third kappa shape index (κ3) is 4.27. The van der Waals surface area contributed by atoms with Gasteiger partial charge in [-0.3, -0.25) is 4.79 Å². The van der Waals surface area contributed by atoms with Crippen molar-refractivity contribution in [3.05, 3.63) is 64.7 Å². The molecule has 0 saturated carbocycles. The lowest BCUT2D eigenvalue weighted by molar-refractivity contribution is 0.0734. The number of nitrogens with zero attached hydrogens (tertiary/aromatic N) is 1. The summed E-state index contributed by atoms with van der Waals surface area (Å²) < 4.78 is 5.31. The van der Waals surface area contributed by atoms with Crippen molar-refractivity contribution in [1.82, 2.24) is 0 Å². The van der Waals surface area contributed by atoms with Crippen molar-refractivity contribution in [3.63, 3.8) is 0 Å². The molecule has 0 atom stereocenters. The molecule has 4 nitrogen and oxygen atoms in total. The van der Waals surface area contributed by atoms with Gasteiger partial charge < -0.3 is 4.74 Å². The predicted octanol–water partition coefficient (Wildman–Crippen LogP) is 3.93. The fraction of sp³-hybridized carbons (Fsp3) is 0.211. The first-order chi connectivity index (χ1) is 11.2. The number of carbonyl (C=O) groups excluding carboxylic acids is 2. The molecule has 2 rings (SSSR count). The SMILES string of the molecule is CCCCc1ccc(OC(=O)c2ccc(C=O)cc2)c(C#N)c1. The second-order valence-electron chi connectivity index (χ2n) is 5.18. The van der Waals surface area contributed by atoms with Crippen LogP contribution in [-0.2, 0) is 6.42 Å². The average Bonchev–Trinajstić information content (AvgIpc) is 2.60. The number of nitriles is 1. The van der Waals surface area contributed by atoms with Crippen LogP contribution < -0.4 is 4.74 Å². The highest BCUT2D eigenvalue weighted by atomic mass is 16.5. The van der Waals surface area contributed by atoms with Crippen LogP contribution in [-0.4, -0.2) is 12.3 Å². The van der Waals surface area contributed by atoms with Crippen LogP contribution in [0, 0.1) is 11.3 Å². The lowest BCUT2D eigenvalue weighted by Crippen LogP contribution is -2.09. The van der Waals surface area contributed by atoms with Crippen molar-refractivity contribution in [2.75, 3.05) is 0 Å². The lowest BCUT2D eigenvalue weighted by Gasteiger charge is -2.08. The molecule has 0 amide bonds. The molecule has 0 bridgehead atoms. The van der Waals surface area contributed by atoms with Gasteiger partial charge in [0.25, 0.3) is 0 Å². The number of ether oxygens (including phenoxy) is 1. The summed E-state index contributed by atoms with van der Waals surface area (Å²) in [4.78, 5) is 22.7. The molecule has 2 aromatic rings. The number of esters is 1. The summed E-state index contributed by atoms with van der Waals surface area (Å²) in [6.45, 7) is 2.11. The zero-order valence-electron chi connectivity index (χ0n) is 12.9. The van der Waals surface area contributed by atoms with Gasteiger partial charge in [0.2, 0.25) is 0 Å². The Morgan fingerprint density at radius 3 is 2.57 bits per heavy atom. The van der Waals surface area contributed by atoms with Crippen LogP contribution in [0.1, 0.15) is 51.6 Å². The molecule has 0 spiro atoms. The topological polar surface area (TPSA) is 67.2 Å². The third-order valence-corrected chi connectivity index (χ3v) is 3.47. The molecular formula is C19H17NO3. The summed E-state index contributed by atoms with van der Waals surface area (Å²) in [5.74, 6) is -0.308. The number of hydrogen-bond donors (Lipinski definition) is 0. The number of aryl methyl sites for hydroxylation is 1. The molecule has 2 aromatic carbocycles. The van der Waals surface area contributed by atoms with Gasteiger partial charge in [0.15, 0.2) is 0 Å². The monoisotopic (exact) mass is 307 g/mol. The van der Waals surface area contributed by atoms with Gasteiger partial charge in [-0.2, -0.15) is 5.26 Å². The Labute approximate surface area is 135 Å². The molecule has 0 unspecified atom stereocenters. The number of unbranched alkanes of at least 4 members (excludes halogenated alkanes) is 1. The minimum absolute atomic E-state index is 0.247. The van der Waals surface area contributed by atoms with Gasteiger partial charge in [0.05, 0.1) is 11.1 Å². The molecule has 0 N–H and O–H groups in total. The van der Waals surface area contributed by atoms with Gasteiger partial charge in [-0.05, 0) is 42.7 Å². The van der Waals surface area contributed by atoms with Crippen LogP contribution in [0.2, 0.25) is 0 Å². The minimum Gasteiger partial charge on any atom is -0.422 e. The summed E-state index contributed by atoms with van der Waals surface area (Å²) in [5, 5.41) is 9.24. The summed E-state index contributed by atoms with van der Waals surface area (Å²) in [7, 11) is 0. The Kier molecular flexibility index (Phi) is 5.65. The lowest BCUT2D eigenvalue weighted by atomic mass is 10.1. The maximum atomic E-state index is 12.1. The smallest absolute Gasteiger partial charge is 0.343 e. The van der Waals surface area contributed by atoms with E-state index in [0.717, 1.165) is 24.8 Å². The Morgan fingerprint density at radius 2 is 1.96 bits per heavy atom. The Balaban J connectivity index is 2.16. The molecule has 0 saturated heterocycles. The van der Waals surface area contributed by atoms with E-state index in [-0.39, 0.29) is 5.75 Å². The molecule has 0 aliphatic carbocycles. The van der Waals surface area contributed by atoms with Gasteiger partial charge in [-0.1, -0.05) is 31.5 Å². The molecule has 0 aliphatic rings. The van der Waals surface area contributed by atoms with Crippen molar-refractivity contribution >= 4 is 12.3 Å². The maximum absolute atomic E-state index is 12.1. The van der Waals surface area contributed by atoms with E-state index < -0.39 is 5.97 Å². The fourth-order valence-electron chi connectivity index (χ4n) is 2.15. The second kappa shape index (κ2) is 7.90. The first-order valence-corrected chi connectivity index (χ1v) is 7.48. The summed E-state index contributed by atoms with van der Waals surface area (Å²) in [5.41, 5.74) is 2.21. The molecule has 23 heavy (non-hydrogen) atoms. The van der Waals surface area contributed by atoms with Crippen molar-refractivity contribution in [2.24, 2.45) is 0 Å². The molecule has 116 valence electrons. The van der Waals surface area contributed by atoms with Crippen LogP contribution in [0.5, 0.6) is 5.75 Å². The molecular weight excluding hydrogens is 290 g/mol. The zero-order valence-corrected chi connectivity index (χ0v) is 12.9. The highest BCUT2D eigenvalue weighted by Gasteiger charge is 2.12. The summed E-state index contributed by atoms with van der Waals surface area (Å²) in [6.07, 6.45) is 3.73. The number of carbonyl (C=O) groups is 2. The van der Waals surface area contributed by atoms with Crippen molar-refractivity contribution in [2.45, 2.75) is 26.2 Å². The van der Waals surface area contributed by atoms with E-state index in [9.17, 15) is 14.9 Å². The van der Waals surface area contributed by atoms with E-state index in [1.807, 2.05) is 6.07 Å². The van der Waals surface area contributed by atoms with Crippen LogP contribution >= 0.6 is 0 Å². The van der Waals surface area contributed by atoms with Crippen LogP contribution in [0.3, 0.4) is 0 Å². The largest absolute Gasteiger partial charge is 0.422 e. The summed E-state index contributed by atoms with van der Waals surface area (Å²) in [6, 6.07) is 13.5. The van der Waals surface area contributed by atoms with Gasteiger partial charge in [0, 0.05) is 5.56 Å². The molecule has 0 fully saturated rings. The third-order valence-electron chi connectivity index (χ3n) is 3.47. The Morgan fingerprint density at radius 1 is 1.22 bits per heavy atom. The number of hydrogen-bond acceptors (Lipinski definition) is 4. The molecule has 0 aromatic heterocycles. The van der Waals surface area contributed by atoms with Crippen molar-refractivity contribution < 1.29 is 14.3 Å². The first kappa shape index (κ1) is 16.4. The fourth-order valence-corrected chi connectivity index (χ4v) is 2.15. The molecule has 0 heterocycles. The second-order valence-corrected chi connectivity index (χ2v) is 5.18. The van der Waals surface area contributed by atoms with E-state index in [1.54, 1.807) is 24.3 Å². The zero-order chi connectivity index (χ0) is 16.7. The molecule has 4 heteroatoms. The average molecular weight is 307 g/mol. The Bertz CT molecular complexity index is 742. The van der Waals surface area contributed by atoms with Gasteiger partial charge >= 0.3 is 5.97 Å². The number of rotatable bonds is 6. The van der Waals surface area contributed by atoms with E-state index in [1.165, 1.54) is 12.1 Å². The van der Waals surface area contributed by atoms with Crippen molar-refractivity contribution in [3.8, 4) is 11.8 Å². The standard InChI is InChI=1S/C19H17NO3/c1-2-3-4-14-7-10-18(17(11-14)12-20)23-19(22)16-8-5-15(13-21)6-9-16/h5-11,13H,2-4H2,1H3. The maximum Gasteiger partial charge on any atom is 0.343 e. The predicted molar refractivity (Wildman–Crippen MR) is 86.6 cm³/mol. The normalized spacial score (nSPS) is 9.91. The highest BCUT2D eigenvalue weighted by Crippen LogP contribution is 2.21. The van der Waals surface area contributed by atoms with Crippen LogP contribution in [0.15, 0.2) is 42.5 Å².